The Balaban J connectivity index is 1.55. The number of carbonyl (C=O) groups excluding carboxylic acids is 3. The van der Waals surface area contributed by atoms with Crippen molar-refractivity contribution in [3.63, 3.8) is 0 Å². The van der Waals surface area contributed by atoms with E-state index in [0.29, 0.717) is 34.7 Å². The monoisotopic (exact) mass is 631 g/mol. The highest BCUT2D eigenvalue weighted by Crippen LogP contribution is 2.37. The number of amides is 3. The third-order valence-electron chi connectivity index (χ3n) is 8.00. The predicted molar refractivity (Wildman–Crippen MR) is 158 cm³/mol. The molecule has 0 fully saturated rings. The molecule has 0 spiro atoms. The van der Waals surface area contributed by atoms with Gasteiger partial charge in [-0.25, -0.2) is 13.1 Å². The van der Waals surface area contributed by atoms with Gasteiger partial charge in [-0.05, 0) is 49.2 Å². The molecule has 2 aliphatic rings. The van der Waals surface area contributed by atoms with Gasteiger partial charge in [-0.15, -0.1) is 0 Å². The van der Waals surface area contributed by atoms with Gasteiger partial charge in [0.1, 0.15) is 11.7 Å². The van der Waals surface area contributed by atoms with Crippen LogP contribution in [0.1, 0.15) is 70.0 Å². The number of carbonyl (C=O) groups is 3. The second kappa shape index (κ2) is 11.3. The van der Waals surface area contributed by atoms with Crippen molar-refractivity contribution in [2.24, 2.45) is 0 Å². The highest BCUT2D eigenvalue weighted by molar-refractivity contribution is 7.90. The van der Waals surface area contributed by atoms with E-state index in [9.17, 15) is 22.8 Å². The van der Waals surface area contributed by atoms with Gasteiger partial charge in [-0.1, -0.05) is 42.3 Å². The van der Waals surface area contributed by atoms with E-state index in [1.807, 2.05) is 13.8 Å². The van der Waals surface area contributed by atoms with Crippen LogP contribution in [0.25, 0.3) is 0 Å². The lowest BCUT2D eigenvalue weighted by molar-refractivity contribution is -0.125. The highest BCUT2D eigenvalue weighted by atomic mass is 35.5. The number of hydrogen-bond acceptors (Lipinski definition) is 6. The van der Waals surface area contributed by atoms with Crippen molar-refractivity contribution in [1.82, 2.24) is 24.9 Å². The molecule has 3 heterocycles. The van der Waals surface area contributed by atoms with Gasteiger partial charge in [-0.2, -0.15) is 5.10 Å². The summed E-state index contributed by atoms with van der Waals surface area (Å²) in [6.07, 6.45) is 2.07. The van der Waals surface area contributed by atoms with Crippen molar-refractivity contribution >= 4 is 50.8 Å². The van der Waals surface area contributed by atoms with Crippen LogP contribution in [0, 0.1) is 0 Å². The van der Waals surface area contributed by atoms with Gasteiger partial charge in [0, 0.05) is 36.9 Å². The molecule has 42 heavy (non-hydrogen) atoms. The molecule has 0 radical (unpaired) electrons. The van der Waals surface area contributed by atoms with E-state index < -0.39 is 21.9 Å². The molecule has 222 valence electrons. The molecule has 1 aromatic heterocycles. The van der Waals surface area contributed by atoms with Crippen LogP contribution >= 0.6 is 23.2 Å². The van der Waals surface area contributed by atoms with E-state index in [1.54, 1.807) is 34.1 Å². The summed E-state index contributed by atoms with van der Waals surface area (Å²) in [5.41, 5.74) is 2.67. The molecule has 2 aliphatic heterocycles. The van der Waals surface area contributed by atoms with Crippen molar-refractivity contribution in [3.05, 3.63) is 80.6 Å². The normalized spacial score (nSPS) is 19.2. The van der Waals surface area contributed by atoms with Gasteiger partial charge in [0.25, 0.3) is 11.8 Å². The number of hydrogen-bond donors (Lipinski definition) is 1. The molecule has 0 saturated carbocycles. The van der Waals surface area contributed by atoms with Crippen LogP contribution in [-0.2, 0) is 27.6 Å². The fourth-order valence-corrected chi connectivity index (χ4v) is 6.69. The first-order chi connectivity index (χ1) is 19.8. The lowest BCUT2D eigenvalue weighted by Crippen LogP contribution is -2.50. The highest BCUT2D eigenvalue weighted by Gasteiger charge is 2.44. The summed E-state index contributed by atoms with van der Waals surface area (Å²) in [5.74, 6) is -0.862. The average molecular weight is 633 g/mol. The summed E-state index contributed by atoms with van der Waals surface area (Å²) in [7, 11) is -1.85. The average Bonchev–Trinajstić information content (AvgIpc) is 3.33. The Morgan fingerprint density at radius 2 is 1.81 bits per heavy atom. The van der Waals surface area contributed by atoms with Crippen molar-refractivity contribution in [2.45, 2.75) is 56.3 Å². The molecule has 0 saturated heterocycles. The fourth-order valence-electron chi connectivity index (χ4n) is 5.77. The smallest absolute Gasteiger partial charge is 0.273 e. The molecule has 3 aromatic rings. The number of sulfone groups is 1. The van der Waals surface area contributed by atoms with Crippen molar-refractivity contribution in [3.8, 4) is 0 Å². The molecule has 1 N–H and O–H groups in total. The van der Waals surface area contributed by atoms with E-state index in [1.165, 1.54) is 29.9 Å². The van der Waals surface area contributed by atoms with Gasteiger partial charge >= 0.3 is 0 Å². The number of halogens is 2. The number of benzene rings is 2. The van der Waals surface area contributed by atoms with E-state index in [-0.39, 0.29) is 52.5 Å². The van der Waals surface area contributed by atoms with Gasteiger partial charge in [0.05, 0.1) is 39.8 Å². The van der Waals surface area contributed by atoms with E-state index in [0.717, 1.165) is 11.8 Å². The molecule has 0 bridgehead atoms. The zero-order valence-corrected chi connectivity index (χ0v) is 25.9. The van der Waals surface area contributed by atoms with Crippen LogP contribution in [0.15, 0.2) is 47.4 Å². The largest absolute Gasteiger partial charge is 0.357 e. The molecule has 5 rings (SSSR count). The Morgan fingerprint density at radius 3 is 2.40 bits per heavy atom. The minimum atomic E-state index is -3.39. The topological polar surface area (TPSA) is 122 Å². The number of nitrogens with zero attached hydrogens (tertiary/aromatic N) is 4. The Hall–Kier alpha value is -3.41. The molecule has 3 amide bonds. The number of fused-ring (bicyclic) bond motifs is 3. The van der Waals surface area contributed by atoms with Gasteiger partial charge in [0.15, 0.2) is 9.84 Å². The summed E-state index contributed by atoms with van der Waals surface area (Å²) >= 11 is 12.2. The maximum atomic E-state index is 14.2. The standard InChI is InChI=1S/C29H31Cl2N5O5S/c1-5-24(17-6-9-19(10-7-17)42(4,40)41)35-15-25(27(37)32-3)36-26(29(35)39)20-14-34(16(2)12-23(20)33-36)28(38)18-8-11-21(30)22(31)13-18/h6-11,13,16,24-25H,5,12,14-15H2,1-4H3,(H,32,37)/t16-,24?,25+/m1/s1. The number of aromatic nitrogens is 2. The first kappa shape index (κ1) is 30.1. The van der Waals surface area contributed by atoms with Gasteiger partial charge < -0.3 is 15.1 Å². The zero-order valence-electron chi connectivity index (χ0n) is 23.6. The molecule has 13 heteroatoms. The Bertz CT molecular complexity index is 1690. The van der Waals surface area contributed by atoms with Crippen LogP contribution < -0.4 is 5.32 Å². The van der Waals surface area contributed by atoms with Gasteiger partial charge in [-0.3, -0.25) is 14.4 Å². The Morgan fingerprint density at radius 1 is 1.12 bits per heavy atom. The Labute approximate surface area is 254 Å². The third kappa shape index (κ3) is 5.29. The maximum Gasteiger partial charge on any atom is 0.273 e. The molecular formula is C29H31Cl2N5O5S. The van der Waals surface area contributed by atoms with Crippen LogP contribution in [0.2, 0.25) is 10.0 Å². The lowest BCUT2D eigenvalue weighted by Gasteiger charge is -2.39. The first-order valence-electron chi connectivity index (χ1n) is 13.5. The number of rotatable bonds is 6. The van der Waals surface area contributed by atoms with Crippen molar-refractivity contribution < 1.29 is 22.8 Å². The minimum absolute atomic E-state index is 0.0832. The third-order valence-corrected chi connectivity index (χ3v) is 9.87. The molecule has 0 aliphatic carbocycles. The van der Waals surface area contributed by atoms with Crippen molar-refractivity contribution in [1.29, 1.82) is 0 Å². The SMILES string of the molecule is CCC(c1ccc(S(C)(=O)=O)cc1)N1C[C@@H](C(=O)NC)n2nc3c(c2C1=O)CN(C(=O)c1ccc(Cl)c(Cl)c1)[C@H](C)C3. The van der Waals surface area contributed by atoms with Crippen LogP contribution in [0.4, 0.5) is 0 Å². The van der Waals surface area contributed by atoms with Crippen LogP contribution in [0.3, 0.4) is 0 Å². The maximum absolute atomic E-state index is 14.2. The van der Waals surface area contributed by atoms with Gasteiger partial charge in [0.2, 0.25) is 5.91 Å². The van der Waals surface area contributed by atoms with E-state index in [4.69, 9.17) is 28.3 Å². The van der Waals surface area contributed by atoms with Crippen LogP contribution in [-0.4, -0.2) is 71.6 Å². The summed E-state index contributed by atoms with van der Waals surface area (Å²) in [4.78, 5) is 44.4. The first-order valence-corrected chi connectivity index (χ1v) is 16.2. The van der Waals surface area contributed by atoms with Crippen LogP contribution in [0.5, 0.6) is 0 Å². The number of likely N-dealkylation sites (N-methyl/N-ethyl adjacent to an activating group) is 1. The Kier molecular flexibility index (Phi) is 8.12. The lowest BCUT2D eigenvalue weighted by atomic mass is 9.95. The summed E-state index contributed by atoms with van der Waals surface area (Å²) < 4.78 is 25.5. The summed E-state index contributed by atoms with van der Waals surface area (Å²) in [5, 5.41) is 8.03. The summed E-state index contributed by atoms with van der Waals surface area (Å²) in [6, 6.07) is 9.73. The fraction of sp³-hybridized carbons (Fsp3) is 0.379. The molecule has 10 nitrogen and oxygen atoms in total. The second-order valence-electron chi connectivity index (χ2n) is 10.7. The second-order valence-corrected chi connectivity index (χ2v) is 13.5. The summed E-state index contributed by atoms with van der Waals surface area (Å²) in [6.45, 7) is 4.05. The molecule has 2 aromatic carbocycles. The minimum Gasteiger partial charge on any atom is -0.357 e. The molecule has 3 atom stereocenters. The quantitative estimate of drug-likeness (QED) is 0.438. The molecule has 1 unspecified atom stereocenters. The van der Waals surface area contributed by atoms with E-state index in [2.05, 4.69) is 5.32 Å². The predicted octanol–water partition coefficient (Wildman–Crippen LogP) is 4.07. The molecular weight excluding hydrogens is 601 g/mol. The van der Waals surface area contributed by atoms with Crippen molar-refractivity contribution in [2.75, 3.05) is 19.8 Å². The zero-order chi connectivity index (χ0) is 30.5. The number of nitrogens with one attached hydrogen (secondary N) is 1. The van der Waals surface area contributed by atoms with E-state index >= 15 is 0 Å².